The Balaban J connectivity index is 1.45. The van der Waals surface area contributed by atoms with E-state index in [0.29, 0.717) is 44.8 Å². The number of ether oxygens (including phenoxy) is 2. The highest BCUT2D eigenvalue weighted by Gasteiger charge is 2.25. The van der Waals surface area contributed by atoms with E-state index in [-0.39, 0.29) is 17.5 Å². The Labute approximate surface area is 257 Å². The van der Waals surface area contributed by atoms with Gasteiger partial charge >= 0.3 is 0 Å². The van der Waals surface area contributed by atoms with Crippen molar-refractivity contribution in [3.8, 4) is 28.3 Å². The molecule has 43 heavy (non-hydrogen) atoms. The van der Waals surface area contributed by atoms with E-state index in [1.807, 2.05) is 30.7 Å². The highest BCUT2D eigenvalue weighted by molar-refractivity contribution is 6.35. The number of carbonyl (C=O) groups is 1. The summed E-state index contributed by atoms with van der Waals surface area (Å²) < 4.78 is 29.9. The smallest absolute Gasteiger partial charge is 0.248 e. The predicted octanol–water partition coefficient (Wildman–Crippen LogP) is 7.85. The molecular weight excluding hydrogens is 592 g/mol. The van der Waals surface area contributed by atoms with Gasteiger partial charge in [0.1, 0.15) is 29.1 Å². The van der Waals surface area contributed by atoms with Crippen molar-refractivity contribution in [2.24, 2.45) is 5.73 Å². The molecule has 8 nitrogen and oxygen atoms in total. The Hall–Kier alpha value is -4.05. The third-order valence-corrected chi connectivity index (χ3v) is 8.17. The third-order valence-electron chi connectivity index (χ3n) is 7.57. The molecule has 6 rings (SSSR count). The molecule has 2 aromatic carbocycles. The lowest BCUT2D eigenvalue weighted by atomic mass is 10.0. The molecule has 0 radical (unpaired) electrons. The number of pyridine rings is 2. The first kappa shape index (κ1) is 29.0. The number of halogens is 3. The molecule has 5 aromatic rings. The molecular formula is C32H28Cl2FN5O3. The van der Waals surface area contributed by atoms with Crippen molar-refractivity contribution in [1.82, 2.24) is 19.7 Å². The van der Waals surface area contributed by atoms with Crippen LogP contribution in [-0.4, -0.2) is 32.3 Å². The predicted molar refractivity (Wildman–Crippen MR) is 164 cm³/mol. The van der Waals surface area contributed by atoms with Crippen molar-refractivity contribution in [2.45, 2.75) is 45.4 Å². The van der Waals surface area contributed by atoms with E-state index >= 15 is 4.39 Å². The van der Waals surface area contributed by atoms with E-state index < -0.39 is 17.8 Å². The Morgan fingerprint density at radius 2 is 1.88 bits per heavy atom. The SMILES string of the molecule is Cc1cc2c(cc1O[C@H](C)c1c(Cl)cncc1Cl)c(-c1cnc(-c3cccc(C(N)=O)c3)c(F)c1)nn2C1CCCCO1. The lowest BCUT2D eigenvalue weighted by Crippen LogP contribution is -2.19. The molecule has 2 N–H and O–H groups in total. The zero-order valence-corrected chi connectivity index (χ0v) is 25.0. The van der Waals surface area contributed by atoms with Gasteiger partial charge in [-0.15, -0.1) is 0 Å². The molecule has 3 aromatic heterocycles. The fourth-order valence-electron chi connectivity index (χ4n) is 5.40. The number of hydrogen-bond acceptors (Lipinski definition) is 6. The summed E-state index contributed by atoms with van der Waals surface area (Å²) in [5.41, 5.74) is 9.58. The molecule has 1 aliphatic rings. The van der Waals surface area contributed by atoms with E-state index in [9.17, 15) is 4.79 Å². The van der Waals surface area contributed by atoms with Crippen molar-refractivity contribution in [3.63, 3.8) is 0 Å². The molecule has 1 fully saturated rings. The maximum atomic E-state index is 15.6. The van der Waals surface area contributed by atoms with Gasteiger partial charge in [0.05, 0.1) is 15.6 Å². The monoisotopic (exact) mass is 619 g/mol. The topological polar surface area (TPSA) is 105 Å². The number of aromatic nitrogens is 4. The molecule has 0 aliphatic carbocycles. The minimum Gasteiger partial charge on any atom is -0.486 e. The summed E-state index contributed by atoms with van der Waals surface area (Å²) in [5, 5.41) is 6.49. The molecule has 0 bridgehead atoms. The van der Waals surface area contributed by atoms with Crippen molar-refractivity contribution < 1.29 is 18.7 Å². The minimum absolute atomic E-state index is 0.103. The Bertz CT molecular complexity index is 1830. The number of nitrogens with zero attached hydrogens (tertiary/aromatic N) is 4. The van der Waals surface area contributed by atoms with Crippen molar-refractivity contribution in [3.05, 3.63) is 93.6 Å². The van der Waals surface area contributed by atoms with Crippen LogP contribution in [0.2, 0.25) is 10.0 Å². The molecule has 11 heteroatoms. The molecule has 1 saturated heterocycles. The standard InChI is InChI=1S/C32H28Cl2FN5O3/c1-17-10-26-22(13-27(17)43-18(2)29-23(33)15-37-16-24(29)34)30(39-40(26)28-8-3-4-9-42-28)21-12-25(35)31(38-14-21)19-6-5-7-20(11-19)32(36)41/h5-7,10-16,18,28H,3-4,8-9H2,1-2H3,(H2,36,41)/t18-,28?/m1/s1. The van der Waals surface area contributed by atoms with E-state index in [0.717, 1.165) is 35.7 Å². The largest absolute Gasteiger partial charge is 0.486 e. The van der Waals surface area contributed by atoms with Gasteiger partial charge in [0, 0.05) is 52.8 Å². The van der Waals surface area contributed by atoms with Gasteiger partial charge in [-0.25, -0.2) is 9.07 Å². The second-order valence-electron chi connectivity index (χ2n) is 10.5. The zero-order chi connectivity index (χ0) is 30.2. The second-order valence-corrected chi connectivity index (χ2v) is 11.3. The highest BCUT2D eigenvalue weighted by Crippen LogP contribution is 2.39. The first-order valence-electron chi connectivity index (χ1n) is 13.9. The van der Waals surface area contributed by atoms with Crippen LogP contribution in [0, 0.1) is 12.7 Å². The van der Waals surface area contributed by atoms with Gasteiger partial charge in [0.15, 0.2) is 6.23 Å². The van der Waals surface area contributed by atoms with Crippen LogP contribution in [0.4, 0.5) is 4.39 Å². The summed E-state index contributed by atoms with van der Waals surface area (Å²) in [6.07, 6.45) is 6.72. The summed E-state index contributed by atoms with van der Waals surface area (Å²) in [6, 6.07) is 11.7. The quantitative estimate of drug-likeness (QED) is 0.199. The van der Waals surface area contributed by atoms with Crippen molar-refractivity contribution >= 4 is 40.0 Å². The first-order valence-corrected chi connectivity index (χ1v) is 14.6. The van der Waals surface area contributed by atoms with Crippen LogP contribution >= 0.6 is 23.2 Å². The van der Waals surface area contributed by atoms with Crippen molar-refractivity contribution in [2.75, 3.05) is 6.61 Å². The van der Waals surface area contributed by atoms with Gasteiger partial charge in [-0.2, -0.15) is 5.10 Å². The first-order chi connectivity index (χ1) is 20.7. The Morgan fingerprint density at radius 3 is 2.58 bits per heavy atom. The number of fused-ring (bicyclic) bond motifs is 1. The Morgan fingerprint density at radius 1 is 1.09 bits per heavy atom. The summed E-state index contributed by atoms with van der Waals surface area (Å²) in [7, 11) is 0. The fraction of sp³-hybridized carbons (Fsp3) is 0.250. The van der Waals surface area contributed by atoms with Crippen LogP contribution < -0.4 is 10.5 Å². The van der Waals surface area contributed by atoms with E-state index in [2.05, 4.69) is 9.97 Å². The number of amides is 1. The minimum atomic E-state index is -0.600. The second kappa shape index (κ2) is 11.9. The van der Waals surface area contributed by atoms with Crippen LogP contribution in [0.25, 0.3) is 33.4 Å². The number of rotatable bonds is 7. The van der Waals surface area contributed by atoms with E-state index in [1.165, 1.54) is 24.5 Å². The van der Waals surface area contributed by atoms with Gasteiger partial charge in [-0.3, -0.25) is 14.8 Å². The van der Waals surface area contributed by atoms with Gasteiger partial charge in [0.2, 0.25) is 5.91 Å². The lowest BCUT2D eigenvalue weighted by Gasteiger charge is -2.24. The summed E-state index contributed by atoms with van der Waals surface area (Å²) in [5.74, 6) is -0.561. The van der Waals surface area contributed by atoms with Gasteiger partial charge in [-0.05, 0) is 69.0 Å². The number of carbonyl (C=O) groups excluding carboxylic acids is 1. The average Bonchev–Trinajstić information content (AvgIpc) is 3.35. The fourth-order valence-corrected chi connectivity index (χ4v) is 6.07. The lowest BCUT2D eigenvalue weighted by molar-refractivity contribution is -0.0365. The van der Waals surface area contributed by atoms with E-state index in [4.69, 9.17) is 43.5 Å². The molecule has 220 valence electrons. The number of nitrogens with two attached hydrogens (primary N) is 1. The molecule has 1 amide bonds. The van der Waals surface area contributed by atoms with Gasteiger partial charge in [-0.1, -0.05) is 35.3 Å². The number of aryl methyl sites for hydroxylation is 1. The van der Waals surface area contributed by atoms with Gasteiger partial charge in [0.25, 0.3) is 0 Å². The van der Waals surface area contributed by atoms with Crippen LogP contribution in [0.5, 0.6) is 5.75 Å². The highest BCUT2D eigenvalue weighted by atomic mass is 35.5. The van der Waals surface area contributed by atoms with Crippen molar-refractivity contribution in [1.29, 1.82) is 0 Å². The maximum Gasteiger partial charge on any atom is 0.248 e. The van der Waals surface area contributed by atoms with Gasteiger partial charge < -0.3 is 15.2 Å². The number of benzene rings is 2. The number of primary amides is 1. The van der Waals surface area contributed by atoms with Crippen LogP contribution in [0.1, 0.15) is 60.0 Å². The van der Waals surface area contributed by atoms with Crippen LogP contribution in [0.15, 0.2) is 61.1 Å². The van der Waals surface area contributed by atoms with Crippen LogP contribution in [0.3, 0.4) is 0 Å². The number of hydrogen-bond donors (Lipinski definition) is 1. The molecule has 1 aliphatic heterocycles. The maximum absolute atomic E-state index is 15.6. The van der Waals surface area contributed by atoms with Crippen LogP contribution in [-0.2, 0) is 4.74 Å². The van der Waals surface area contributed by atoms with E-state index in [1.54, 1.807) is 24.4 Å². The average molecular weight is 621 g/mol. The molecule has 0 spiro atoms. The molecule has 2 atom stereocenters. The Kier molecular flexibility index (Phi) is 8.05. The summed E-state index contributed by atoms with van der Waals surface area (Å²) in [4.78, 5) is 20.1. The normalized spacial score (nSPS) is 15.9. The summed E-state index contributed by atoms with van der Waals surface area (Å²) in [6.45, 7) is 4.45. The molecule has 1 unspecified atom stereocenters. The zero-order valence-electron chi connectivity index (χ0n) is 23.5. The molecule has 4 heterocycles. The molecule has 0 saturated carbocycles. The third kappa shape index (κ3) is 5.68. The summed E-state index contributed by atoms with van der Waals surface area (Å²) >= 11 is 12.8.